The van der Waals surface area contributed by atoms with Gasteiger partial charge >= 0.3 is 0 Å². The van der Waals surface area contributed by atoms with Crippen molar-refractivity contribution < 1.29 is 14.3 Å². The molecular formula is C16H12N2O3S. The number of aromatic nitrogens is 1. The molecule has 0 atom stereocenters. The molecule has 0 unspecified atom stereocenters. The van der Waals surface area contributed by atoms with E-state index in [9.17, 15) is 4.79 Å². The first-order chi connectivity index (χ1) is 10.6. The third-order valence-electron chi connectivity index (χ3n) is 3.68. The van der Waals surface area contributed by atoms with Gasteiger partial charge in [0.1, 0.15) is 9.71 Å². The lowest BCUT2D eigenvalue weighted by molar-refractivity contribution is 0.104. The van der Waals surface area contributed by atoms with Crippen LogP contribution in [-0.2, 0) is 0 Å². The summed E-state index contributed by atoms with van der Waals surface area (Å²) < 4.78 is 10.6. The maximum atomic E-state index is 12.8. The average Bonchev–Trinajstić information content (AvgIpc) is 3.11. The molecule has 1 aliphatic heterocycles. The Kier molecular flexibility index (Phi) is 2.80. The van der Waals surface area contributed by atoms with Crippen molar-refractivity contribution in [1.82, 2.24) is 4.98 Å². The minimum atomic E-state index is -0.127. The molecule has 3 aromatic rings. The highest BCUT2D eigenvalue weighted by Gasteiger charge is 2.22. The van der Waals surface area contributed by atoms with Gasteiger partial charge in [-0.15, -0.1) is 11.3 Å². The lowest BCUT2D eigenvalue weighted by Gasteiger charge is -2.02. The molecule has 0 radical (unpaired) electrons. The number of pyridine rings is 1. The quantitative estimate of drug-likeness (QED) is 0.736. The van der Waals surface area contributed by atoms with Crippen LogP contribution >= 0.6 is 11.3 Å². The molecule has 110 valence electrons. The fourth-order valence-electron chi connectivity index (χ4n) is 2.54. The van der Waals surface area contributed by atoms with Gasteiger partial charge in [-0.3, -0.25) is 4.79 Å². The standard InChI is InChI=1S/C16H12N2O3S/c1-8-4-5-18-16-12(8)13(17)15(22-16)14(19)9-2-3-10-11(6-9)21-7-20-10/h2-6H,7,17H2,1H3. The van der Waals surface area contributed by atoms with Crippen LogP contribution in [0.25, 0.3) is 10.2 Å². The summed E-state index contributed by atoms with van der Waals surface area (Å²) in [6.07, 6.45) is 1.72. The fraction of sp³-hybridized carbons (Fsp3) is 0.125. The lowest BCUT2D eigenvalue weighted by atomic mass is 10.1. The molecule has 0 aliphatic carbocycles. The van der Waals surface area contributed by atoms with E-state index in [1.54, 1.807) is 24.4 Å². The zero-order chi connectivity index (χ0) is 15.3. The highest BCUT2D eigenvalue weighted by atomic mass is 32.1. The van der Waals surface area contributed by atoms with Crippen LogP contribution in [0.5, 0.6) is 11.5 Å². The first-order valence-corrected chi connectivity index (χ1v) is 7.54. The Bertz CT molecular complexity index is 917. The zero-order valence-corrected chi connectivity index (χ0v) is 12.6. The van der Waals surface area contributed by atoms with Crippen molar-refractivity contribution in [2.75, 3.05) is 12.5 Å². The number of nitrogen functional groups attached to an aromatic ring is 1. The van der Waals surface area contributed by atoms with Gasteiger partial charge in [0.25, 0.3) is 0 Å². The smallest absolute Gasteiger partial charge is 0.231 e. The Morgan fingerprint density at radius 3 is 2.91 bits per heavy atom. The van der Waals surface area contributed by atoms with Crippen LogP contribution in [-0.4, -0.2) is 17.6 Å². The first kappa shape index (κ1) is 13.1. The molecule has 0 amide bonds. The van der Waals surface area contributed by atoms with E-state index in [0.717, 1.165) is 15.8 Å². The number of thiophene rings is 1. The van der Waals surface area contributed by atoms with Gasteiger partial charge < -0.3 is 15.2 Å². The second-order valence-electron chi connectivity index (χ2n) is 5.05. The number of aryl methyl sites for hydroxylation is 1. The molecule has 6 heteroatoms. The Balaban J connectivity index is 1.83. The molecule has 4 rings (SSSR count). The highest BCUT2D eigenvalue weighted by Crippen LogP contribution is 2.37. The number of anilines is 1. The van der Waals surface area contributed by atoms with Crippen LogP contribution in [0.3, 0.4) is 0 Å². The maximum absolute atomic E-state index is 12.8. The summed E-state index contributed by atoms with van der Waals surface area (Å²) in [5.41, 5.74) is 8.22. The molecule has 2 aromatic heterocycles. The summed E-state index contributed by atoms with van der Waals surface area (Å²) in [6.45, 7) is 2.14. The number of nitrogens with zero attached hydrogens (tertiary/aromatic N) is 1. The lowest BCUT2D eigenvalue weighted by Crippen LogP contribution is -2.02. The number of hydrogen-bond donors (Lipinski definition) is 1. The number of nitrogens with two attached hydrogens (primary N) is 1. The molecule has 1 aliphatic rings. The van der Waals surface area contributed by atoms with Crippen molar-refractivity contribution in [2.45, 2.75) is 6.92 Å². The number of carbonyl (C=O) groups excluding carboxylic acids is 1. The van der Waals surface area contributed by atoms with Gasteiger partial charge in [0, 0.05) is 17.1 Å². The van der Waals surface area contributed by atoms with E-state index >= 15 is 0 Å². The Morgan fingerprint density at radius 1 is 1.27 bits per heavy atom. The van der Waals surface area contributed by atoms with Crippen LogP contribution in [0, 0.1) is 6.92 Å². The third kappa shape index (κ3) is 1.84. The second kappa shape index (κ2) is 4.71. The number of fused-ring (bicyclic) bond motifs is 2. The van der Waals surface area contributed by atoms with Crippen molar-refractivity contribution in [2.24, 2.45) is 0 Å². The van der Waals surface area contributed by atoms with Crippen molar-refractivity contribution in [3.8, 4) is 11.5 Å². The van der Waals surface area contributed by atoms with Gasteiger partial charge in [-0.1, -0.05) is 0 Å². The molecule has 5 nitrogen and oxygen atoms in total. The third-order valence-corrected chi connectivity index (χ3v) is 4.79. The average molecular weight is 312 g/mol. The molecule has 1 aromatic carbocycles. The van der Waals surface area contributed by atoms with Gasteiger partial charge in [0.05, 0.1) is 5.69 Å². The van der Waals surface area contributed by atoms with Gasteiger partial charge in [0.15, 0.2) is 11.5 Å². The van der Waals surface area contributed by atoms with Gasteiger partial charge in [0.2, 0.25) is 12.6 Å². The number of carbonyl (C=O) groups is 1. The van der Waals surface area contributed by atoms with E-state index in [-0.39, 0.29) is 12.6 Å². The molecule has 0 bridgehead atoms. The predicted molar refractivity (Wildman–Crippen MR) is 84.8 cm³/mol. The van der Waals surface area contributed by atoms with Crippen LogP contribution in [0.4, 0.5) is 5.69 Å². The van der Waals surface area contributed by atoms with Gasteiger partial charge in [-0.25, -0.2) is 4.98 Å². The summed E-state index contributed by atoms with van der Waals surface area (Å²) in [5.74, 6) is 1.11. The second-order valence-corrected chi connectivity index (χ2v) is 6.05. The summed E-state index contributed by atoms with van der Waals surface area (Å²) in [4.78, 5) is 18.3. The van der Waals surface area contributed by atoms with Crippen LogP contribution in [0.2, 0.25) is 0 Å². The summed E-state index contributed by atoms with van der Waals surface area (Å²) in [7, 11) is 0. The summed E-state index contributed by atoms with van der Waals surface area (Å²) in [6, 6.07) is 7.04. The van der Waals surface area contributed by atoms with Gasteiger partial charge in [-0.05, 0) is 36.8 Å². The molecule has 3 heterocycles. The molecule has 0 spiro atoms. The number of rotatable bonds is 2. The number of hydrogen-bond acceptors (Lipinski definition) is 6. The number of ketones is 1. The van der Waals surface area contributed by atoms with Crippen LogP contribution in [0.1, 0.15) is 20.8 Å². The number of benzene rings is 1. The number of ether oxygens (including phenoxy) is 2. The van der Waals surface area contributed by atoms with Crippen molar-refractivity contribution in [3.63, 3.8) is 0 Å². The van der Waals surface area contributed by atoms with Crippen molar-refractivity contribution >= 4 is 33.0 Å². The fourth-order valence-corrected chi connectivity index (χ4v) is 3.64. The molecule has 0 saturated heterocycles. The van der Waals surface area contributed by atoms with E-state index in [0.29, 0.717) is 27.6 Å². The van der Waals surface area contributed by atoms with E-state index in [1.807, 2.05) is 13.0 Å². The van der Waals surface area contributed by atoms with Gasteiger partial charge in [-0.2, -0.15) is 0 Å². The monoisotopic (exact) mass is 312 g/mol. The topological polar surface area (TPSA) is 74.4 Å². The molecule has 0 saturated carbocycles. The Labute approximate surface area is 130 Å². The highest BCUT2D eigenvalue weighted by molar-refractivity contribution is 7.21. The predicted octanol–water partition coefficient (Wildman–Crippen LogP) is 3.15. The minimum Gasteiger partial charge on any atom is -0.454 e. The van der Waals surface area contributed by atoms with E-state index < -0.39 is 0 Å². The Hall–Kier alpha value is -2.60. The molecule has 2 N–H and O–H groups in total. The van der Waals surface area contributed by atoms with E-state index in [1.165, 1.54) is 11.3 Å². The maximum Gasteiger partial charge on any atom is 0.231 e. The van der Waals surface area contributed by atoms with Crippen molar-refractivity contribution in [1.29, 1.82) is 0 Å². The van der Waals surface area contributed by atoms with Crippen molar-refractivity contribution in [3.05, 3.63) is 46.5 Å². The van der Waals surface area contributed by atoms with Crippen LogP contribution in [0.15, 0.2) is 30.5 Å². The van der Waals surface area contributed by atoms with E-state index in [4.69, 9.17) is 15.2 Å². The largest absolute Gasteiger partial charge is 0.454 e. The SMILES string of the molecule is Cc1ccnc2sc(C(=O)c3ccc4c(c3)OCO4)c(N)c12. The summed E-state index contributed by atoms with van der Waals surface area (Å²) >= 11 is 1.32. The Morgan fingerprint density at radius 2 is 2.09 bits per heavy atom. The normalized spacial score (nSPS) is 12.8. The van der Waals surface area contributed by atoms with E-state index in [2.05, 4.69) is 4.98 Å². The molecule has 22 heavy (non-hydrogen) atoms. The van der Waals surface area contributed by atoms with Crippen LogP contribution < -0.4 is 15.2 Å². The molecule has 0 fully saturated rings. The minimum absolute atomic E-state index is 0.127. The summed E-state index contributed by atoms with van der Waals surface area (Å²) in [5, 5.41) is 0.858. The molecular weight excluding hydrogens is 300 g/mol. The first-order valence-electron chi connectivity index (χ1n) is 6.73. The zero-order valence-electron chi connectivity index (χ0n) is 11.8.